The summed E-state index contributed by atoms with van der Waals surface area (Å²) < 4.78 is 5.00. The molecule has 0 aliphatic rings. The fraction of sp³-hybridized carbons (Fsp3) is 0.333. The Bertz CT molecular complexity index is 288. The molecule has 0 radical (unpaired) electrons. The molecule has 0 spiro atoms. The van der Waals surface area contributed by atoms with Crippen LogP contribution in [0.2, 0.25) is 0 Å². The third kappa shape index (κ3) is 2.11. The third-order valence-corrected chi connectivity index (χ3v) is 1.81. The van der Waals surface area contributed by atoms with E-state index < -0.39 is 6.04 Å². The minimum atomic E-state index is -0.476. The van der Waals surface area contributed by atoms with Crippen LogP contribution in [0.15, 0.2) is 18.2 Å². The number of hydrogen-bond acceptors (Lipinski definition) is 4. The molecule has 0 saturated carbocycles. The molecule has 13 heavy (non-hydrogen) atoms. The summed E-state index contributed by atoms with van der Waals surface area (Å²) in [7, 11) is 1.49. The van der Waals surface area contributed by atoms with Gasteiger partial charge in [0.1, 0.15) is 11.5 Å². The quantitative estimate of drug-likeness (QED) is 0.633. The molecule has 0 unspecified atom stereocenters. The Kier molecular flexibility index (Phi) is 3.11. The Morgan fingerprint density at radius 3 is 2.77 bits per heavy atom. The van der Waals surface area contributed by atoms with Gasteiger partial charge in [-0.15, -0.1) is 0 Å². The SMILES string of the molecule is COc1cc(O)ccc1[C@@H](N)CO. The topological polar surface area (TPSA) is 75.7 Å². The maximum absolute atomic E-state index is 9.14. The van der Waals surface area contributed by atoms with E-state index in [9.17, 15) is 0 Å². The molecule has 0 saturated heterocycles. The number of phenolic OH excluding ortho intramolecular Hbond substituents is 1. The predicted octanol–water partition coefficient (Wildman–Crippen LogP) is 0.393. The molecule has 0 heterocycles. The molecular weight excluding hydrogens is 170 g/mol. The van der Waals surface area contributed by atoms with Gasteiger partial charge in [-0.3, -0.25) is 0 Å². The molecule has 72 valence electrons. The third-order valence-electron chi connectivity index (χ3n) is 1.81. The number of nitrogens with two attached hydrogens (primary N) is 1. The van der Waals surface area contributed by atoms with Gasteiger partial charge < -0.3 is 20.7 Å². The zero-order valence-corrected chi connectivity index (χ0v) is 7.40. The second kappa shape index (κ2) is 4.11. The lowest BCUT2D eigenvalue weighted by molar-refractivity contribution is 0.264. The number of benzene rings is 1. The van der Waals surface area contributed by atoms with Crippen molar-refractivity contribution in [1.82, 2.24) is 0 Å². The number of phenols is 1. The average Bonchev–Trinajstić information content (AvgIpc) is 2.16. The summed E-state index contributed by atoms with van der Waals surface area (Å²) in [5.41, 5.74) is 6.29. The van der Waals surface area contributed by atoms with E-state index in [0.29, 0.717) is 11.3 Å². The van der Waals surface area contributed by atoms with E-state index in [2.05, 4.69) is 0 Å². The molecule has 0 aromatic heterocycles. The second-order valence-electron chi connectivity index (χ2n) is 2.72. The van der Waals surface area contributed by atoms with Crippen LogP contribution in [0.5, 0.6) is 11.5 Å². The maximum Gasteiger partial charge on any atom is 0.127 e. The van der Waals surface area contributed by atoms with Gasteiger partial charge in [-0.1, -0.05) is 0 Å². The van der Waals surface area contributed by atoms with Gasteiger partial charge in [0.2, 0.25) is 0 Å². The van der Waals surface area contributed by atoms with Gasteiger partial charge >= 0.3 is 0 Å². The number of aliphatic hydroxyl groups is 1. The van der Waals surface area contributed by atoms with Gasteiger partial charge in [0.05, 0.1) is 19.8 Å². The largest absolute Gasteiger partial charge is 0.508 e. The Balaban J connectivity index is 3.05. The normalized spacial score (nSPS) is 12.5. The summed E-state index contributed by atoms with van der Waals surface area (Å²) >= 11 is 0. The molecule has 0 aliphatic heterocycles. The molecule has 4 nitrogen and oxygen atoms in total. The van der Waals surface area contributed by atoms with Crippen molar-refractivity contribution in [3.05, 3.63) is 23.8 Å². The van der Waals surface area contributed by atoms with Crippen molar-refractivity contribution in [2.45, 2.75) is 6.04 Å². The zero-order chi connectivity index (χ0) is 9.84. The molecule has 1 atom stereocenters. The first-order chi connectivity index (χ1) is 6.19. The van der Waals surface area contributed by atoms with Crippen LogP contribution < -0.4 is 10.5 Å². The number of aliphatic hydroxyl groups excluding tert-OH is 1. The van der Waals surface area contributed by atoms with Crippen molar-refractivity contribution in [2.75, 3.05) is 13.7 Å². The molecule has 1 aromatic carbocycles. The van der Waals surface area contributed by atoms with E-state index in [-0.39, 0.29) is 12.4 Å². The minimum Gasteiger partial charge on any atom is -0.508 e. The van der Waals surface area contributed by atoms with Gasteiger partial charge in [-0.2, -0.15) is 0 Å². The van der Waals surface area contributed by atoms with Crippen molar-refractivity contribution in [1.29, 1.82) is 0 Å². The van der Waals surface area contributed by atoms with Crippen molar-refractivity contribution in [3.8, 4) is 11.5 Å². The van der Waals surface area contributed by atoms with Gasteiger partial charge in [0, 0.05) is 11.6 Å². The Morgan fingerprint density at radius 2 is 2.23 bits per heavy atom. The summed E-state index contributed by atoms with van der Waals surface area (Å²) in [6.45, 7) is -0.152. The highest BCUT2D eigenvalue weighted by Gasteiger charge is 2.10. The van der Waals surface area contributed by atoms with Crippen molar-refractivity contribution in [2.24, 2.45) is 5.73 Å². The molecular formula is C9H13NO3. The summed E-state index contributed by atoms with van der Waals surface area (Å²) in [6, 6.07) is 4.13. The predicted molar refractivity (Wildman–Crippen MR) is 48.7 cm³/mol. The fourth-order valence-electron chi connectivity index (χ4n) is 1.10. The van der Waals surface area contributed by atoms with Gasteiger partial charge in [0.25, 0.3) is 0 Å². The van der Waals surface area contributed by atoms with E-state index in [4.69, 9.17) is 20.7 Å². The van der Waals surface area contributed by atoms with Crippen molar-refractivity contribution < 1.29 is 14.9 Å². The maximum atomic E-state index is 9.14. The monoisotopic (exact) mass is 183 g/mol. The molecule has 0 aliphatic carbocycles. The van der Waals surface area contributed by atoms with Gasteiger partial charge in [0.15, 0.2) is 0 Å². The van der Waals surface area contributed by atoms with Crippen LogP contribution in [0.4, 0.5) is 0 Å². The number of aromatic hydroxyl groups is 1. The summed E-state index contributed by atoms with van der Waals surface area (Å²) in [5.74, 6) is 0.604. The fourth-order valence-corrected chi connectivity index (χ4v) is 1.10. The second-order valence-corrected chi connectivity index (χ2v) is 2.72. The highest BCUT2D eigenvalue weighted by atomic mass is 16.5. The van der Waals surface area contributed by atoms with E-state index in [1.54, 1.807) is 6.07 Å². The molecule has 1 rings (SSSR count). The van der Waals surface area contributed by atoms with Crippen LogP contribution in [-0.4, -0.2) is 23.9 Å². The Hall–Kier alpha value is -1.26. The van der Waals surface area contributed by atoms with Crippen molar-refractivity contribution in [3.63, 3.8) is 0 Å². The molecule has 0 amide bonds. The van der Waals surface area contributed by atoms with Crippen LogP contribution in [0.25, 0.3) is 0 Å². The molecule has 1 aromatic rings. The van der Waals surface area contributed by atoms with Crippen LogP contribution in [0, 0.1) is 0 Å². The molecule has 0 fully saturated rings. The minimum absolute atomic E-state index is 0.116. The summed E-state index contributed by atoms with van der Waals surface area (Å²) in [4.78, 5) is 0. The summed E-state index contributed by atoms with van der Waals surface area (Å²) in [6.07, 6.45) is 0. The smallest absolute Gasteiger partial charge is 0.127 e. The van der Waals surface area contributed by atoms with Gasteiger partial charge in [-0.05, 0) is 12.1 Å². The van der Waals surface area contributed by atoms with E-state index >= 15 is 0 Å². The standard InChI is InChI=1S/C9H13NO3/c1-13-9-4-6(12)2-3-7(9)8(10)5-11/h2-4,8,11-12H,5,10H2,1H3/t8-/m0/s1. The number of hydrogen-bond donors (Lipinski definition) is 3. The Morgan fingerprint density at radius 1 is 1.54 bits per heavy atom. The lowest BCUT2D eigenvalue weighted by Crippen LogP contribution is -2.15. The van der Waals surface area contributed by atoms with Crippen LogP contribution in [-0.2, 0) is 0 Å². The molecule has 0 bridgehead atoms. The van der Waals surface area contributed by atoms with E-state index in [0.717, 1.165) is 0 Å². The number of rotatable bonds is 3. The van der Waals surface area contributed by atoms with Gasteiger partial charge in [-0.25, -0.2) is 0 Å². The molecule has 4 N–H and O–H groups in total. The highest BCUT2D eigenvalue weighted by Crippen LogP contribution is 2.27. The van der Waals surface area contributed by atoms with Crippen molar-refractivity contribution >= 4 is 0 Å². The lowest BCUT2D eigenvalue weighted by Gasteiger charge is -2.13. The molecule has 4 heteroatoms. The number of ether oxygens (including phenoxy) is 1. The van der Waals surface area contributed by atoms with E-state index in [1.807, 2.05) is 0 Å². The first-order valence-corrected chi connectivity index (χ1v) is 3.92. The van der Waals surface area contributed by atoms with Crippen LogP contribution >= 0.6 is 0 Å². The summed E-state index contributed by atoms with van der Waals surface area (Å²) in [5, 5.41) is 18.0. The van der Waals surface area contributed by atoms with Crippen LogP contribution in [0.3, 0.4) is 0 Å². The Labute approximate surface area is 76.6 Å². The van der Waals surface area contributed by atoms with Crippen LogP contribution in [0.1, 0.15) is 11.6 Å². The lowest BCUT2D eigenvalue weighted by atomic mass is 10.1. The first kappa shape index (κ1) is 9.83. The average molecular weight is 183 g/mol. The zero-order valence-electron chi connectivity index (χ0n) is 7.40. The first-order valence-electron chi connectivity index (χ1n) is 3.92. The van der Waals surface area contributed by atoms with E-state index in [1.165, 1.54) is 19.2 Å². The number of methoxy groups -OCH3 is 1. The highest BCUT2D eigenvalue weighted by molar-refractivity contribution is 5.41.